The molecule has 0 saturated carbocycles. The van der Waals surface area contributed by atoms with E-state index in [1.54, 1.807) is 20.0 Å². The number of ether oxygens (including phenoxy) is 3. The van der Waals surface area contributed by atoms with Gasteiger partial charge in [-0.25, -0.2) is 4.79 Å². The Kier molecular flexibility index (Phi) is 6.73. The highest BCUT2D eigenvalue weighted by Crippen LogP contribution is 2.30. The van der Waals surface area contributed by atoms with Crippen molar-refractivity contribution in [1.82, 2.24) is 4.90 Å². The van der Waals surface area contributed by atoms with E-state index in [2.05, 4.69) is 4.74 Å². The molecule has 0 aliphatic carbocycles. The minimum absolute atomic E-state index is 0.0806. The van der Waals surface area contributed by atoms with Crippen molar-refractivity contribution in [2.75, 3.05) is 13.7 Å². The number of carbonyl (C=O) groups is 2. The normalized spacial score (nSPS) is 19.4. The van der Waals surface area contributed by atoms with Crippen LogP contribution in [0.3, 0.4) is 0 Å². The van der Waals surface area contributed by atoms with Gasteiger partial charge >= 0.3 is 12.6 Å². The molecular weight excluding hydrogens is 352 g/mol. The fourth-order valence-corrected chi connectivity index (χ4v) is 2.71. The third kappa shape index (κ3) is 5.04. The van der Waals surface area contributed by atoms with E-state index in [0.29, 0.717) is 12.0 Å². The van der Waals surface area contributed by atoms with E-state index in [4.69, 9.17) is 14.6 Å². The van der Waals surface area contributed by atoms with Gasteiger partial charge in [0.25, 0.3) is 5.91 Å². The van der Waals surface area contributed by atoms with E-state index >= 15 is 0 Å². The first-order valence-electron chi connectivity index (χ1n) is 8.15. The van der Waals surface area contributed by atoms with Crippen LogP contribution in [0.1, 0.15) is 25.3 Å². The third-order valence-corrected chi connectivity index (χ3v) is 3.89. The van der Waals surface area contributed by atoms with Crippen molar-refractivity contribution in [3.05, 3.63) is 23.8 Å². The summed E-state index contributed by atoms with van der Waals surface area (Å²) in [4.78, 5) is 24.7. The Morgan fingerprint density at radius 2 is 2.00 bits per heavy atom. The lowest BCUT2D eigenvalue weighted by atomic mass is 10.1. The van der Waals surface area contributed by atoms with Gasteiger partial charge in [0.2, 0.25) is 0 Å². The van der Waals surface area contributed by atoms with Crippen LogP contribution >= 0.6 is 0 Å². The Labute approximate surface area is 149 Å². The van der Waals surface area contributed by atoms with Crippen LogP contribution in [0.25, 0.3) is 0 Å². The molecule has 0 spiro atoms. The van der Waals surface area contributed by atoms with Gasteiger partial charge in [-0.1, -0.05) is 6.07 Å². The molecule has 144 valence electrons. The van der Waals surface area contributed by atoms with Gasteiger partial charge in [-0.15, -0.1) is 0 Å². The smallest absolute Gasteiger partial charge is 0.387 e. The number of hydrogen-bond acceptors (Lipinski definition) is 5. The largest absolute Gasteiger partial charge is 0.490 e. The Morgan fingerprint density at radius 1 is 1.31 bits per heavy atom. The number of benzene rings is 1. The maximum absolute atomic E-state index is 12.4. The summed E-state index contributed by atoms with van der Waals surface area (Å²) in [7, 11) is 1.56. The van der Waals surface area contributed by atoms with E-state index in [1.807, 2.05) is 0 Å². The second-order valence-electron chi connectivity index (χ2n) is 5.82. The molecule has 0 bridgehead atoms. The Morgan fingerprint density at radius 3 is 2.58 bits per heavy atom. The number of alkyl halides is 2. The molecule has 1 saturated heterocycles. The highest BCUT2D eigenvalue weighted by atomic mass is 19.3. The fourth-order valence-electron chi connectivity index (χ4n) is 2.71. The average Bonchev–Trinajstić information content (AvgIpc) is 3.06. The molecule has 2 rings (SSSR count). The molecule has 0 radical (unpaired) electrons. The lowest BCUT2D eigenvalue weighted by molar-refractivity contribution is -0.154. The number of hydrogen-bond donors (Lipinski definition) is 1. The molecule has 7 nitrogen and oxygen atoms in total. The standard InChI is InChI=1S/C17H21F2NO6/c1-3-24-14-8-10(4-5-11(14)26-17(18)19)9-20(2)15(21)12-6-7-13(25-12)16(22)23/h4-5,8,12-13,17H,3,6-7,9H2,1-2H3,(H,22,23)/t12-,13+/m0/s1. The average molecular weight is 373 g/mol. The third-order valence-electron chi connectivity index (χ3n) is 3.89. The molecule has 26 heavy (non-hydrogen) atoms. The maximum Gasteiger partial charge on any atom is 0.387 e. The van der Waals surface area contributed by atoms with Crippen molar-refractivity contribution in [2.24, 2.45) is 0 Å². The number of halogens is 2. The van der Waals surface area contributed by atoms with E-state index in [0.717, 1.165) is 0 Å². The minimum Gasteiger partial charge on any atom is -0.490 e. The van der Waals surface area contributed by atoms with E-state index in [1.165, 1.54) is 17.0 Å². The number of carboxylic acid groups (broad SMARTS) is 1. The van der Waals surface area contributed by atoms with Crippen LogP contribution in [0.4, 0.5) is 8.78 Å². The van der Waals surface area contributed by atoms with Crippen molar-refractivity contribution in [1.29, 1.82) is 0 Å². The van der Waals surface area contributed by atoms with Gasteiger partial charge in [0.1, 0.15) is 6.10 Å². The zero-order valence-electron chi connectivity index (χ0n) is 14.5. The molecule has 0 aromatic heterocycles. The number of amides is 1. The van der Waals surface area contributed by atoms with Gasteiger partial charge in [0.15, 0.2) is 17.6 Å². The second kappa shape index (κ2) is 8.79. The molecule has 1 amide bonds. The first-order valence-corrected chi connectivity index (χ1v) is 8.15. The van der Waals surface area contributed by atoms with Crippen molar-refractivity contribution >= 4 is 11.9 Å². The molecule has 1 aromatic carbocycles. The Balaban J connectivity index is 2.03. The van der Waals surface area contributed by atoms with Gasteiger partial charge in [-0.2, -0.15) is 8.78 Å². The molecule has 1 aliphatic heterocycles. The summed E-state index contributed by atoms with van der Waals surface area (Å²) < 4.78 is 39.8. The van der Waals surface area contributed by atoms with Crippen LogP contribution in [0.2, 0.25) is 0 Å². The van der Waals surface area contributed by atoms with Gasteiger partial charge in [0.05, 0.1) is 6.61 Å². The van der Waals surface area contributed by atoms with Crippen LogP contribution in [0, 0.1) is 0 Å². The first kappa shape index (κ1) is 19.9. The molecule has 1 aromatic rings. The highest BCUT2D eigenvalue weighted by molar-refractivity contribution is 5.82. The van der Waals surface area contributed by atoms with Crippen LogP contribution in [0.15, 0.2) is 18.2 Å². The molecule has 9 heteroatoms. The van der Waals surface area contributed by atoms with Gasteiger partial charge in [-0.05, 0) is 37.5 Å². The summed E-state index contributed by atoms with van der Waals surface area (Å²) in [6.07, 6.45) is -1.14. The number of nitrogens with zero attached hydrogens (tertiary/aromatic N) is 1. The maximum atomic E-state index is 12.4. The zero-order chi connectivity index (χ0) is 19.3. The molecule has 1 heterocycles. The number of rotatable bonds is 8. The summed E-state index contributed by atoms with van der Waals surface area (Å²) in [6.45, 7) is -0.799. The summed E-state index contributed by atoms with van der Waals surface area (Å²) in [5.41, 5.74) is 0.652. The second-order valence-corrected chi connectivity index (χ2v) is 5.82. The predicted octanol–water partition coefficient (Wildman–Crippen LogP) is 2.28. The van der Waals surface area contributed by atoms with E-state index in [9.17, 15) is 18.4 Å². The van der Waals surface area contributed by atoms with Crippen molar-refractivity contribution in [3.8, 4) is 11.5 Å². The van der Waals surface area contributed by atoms with Crippen LogP contribution in [-0.2, 0) is 20.9 Å². The van der Waals surface area contributed by atoms with Crippen molar-refractivity contribution < 1.29 is 37.7 Å². The highest BCUT2D eigenvalue weighted by Gasteiger charge is 2.36. The van der Waals surface area contributed by atoms with E-state index < -0.39 is 24.8 Å². The predicted molar refractivity (Wildman–Crippen MR) is 86.2 cm³/mol. The number of carbonyl (C=O) groups excluding carboxylic acids is 1. The molecule has 1 fully saturated rings. The summed E-state index contributed by atoms with van der Waals surface area (Å²) in [6, 6.07) is 4.44. The van der Waals surface area contributed by atoms with E-state index in [-0.39, 0.29) is 37.0 Å². The van der Waals surface area contributed by atoms with Gasteiger partial charge in [0, 0.05) is 13.6 Å². The number of aliphatic carboxylic acids is 1. The summed E-state index contributed by atoms with van der Waals surface area (Å²) in [5.74, 6) is -1.34. The molecule has 1 N–H and O–H groups in total. The van der Waals surface area contributed by atoms with Crippen LogP contribution in [-0.4, -0.2) is 54.4 Å². The Hall–Kier alpha value is -2.42. The lowest BCUT2D eigenvalue weighted by Gasteiger charge is -2.22. The quantitative estimate of drug-likeness (QED) is 0.753. The van der Waals surface area contributed by atoms with Crippen LogP contribution in [0.5, 0.6) is 11.5 Å². The SMILES string of the molecule is CCOc1cc(CN(C)C(=O)[C@@H]2CC[C@H](C(=O)O)O2)ccc1OC(F)F. The number of carboxylic acids is 1. The molecule has 2 atom stereocenters. The topological polar surface area (TPSA) is 85.3 Å². The zero-order valence-corrected chi connectivity index (χ0v) is 14.5. The van der Waals surface area contributed by atoms with Crippen LogP contribution < -0.4 is 9.47 Å². The van der Waals surface area contributed by atoms with Crippen molar-refractivity contribution in [2.45, 2.75) is 45.1 Å². The Bertz CT molecular complexity index is 654. The minimum atomic E-state index is -2.97. The van der Waals surface area contributed by atoms with Gasteiger partial charge < -0.3 is 24.2 Å². The molecule has 0 unspecified atom stereocenters. The fraction of sp³-hybridized carbons (Fsp3) is 0.529. The lowest BCUT2D eigenvalue weighted by Crippen LogP contribution is -2.36. The van der Waals surface area contributed by atoms with Gasteiger partial charge in [-0.3, -0.25) is 4.79 Å². The summed E-state index contributed by atoms with van der Waals surface area (Å²) >= 11 is 0. The first-order chi connectivity index (χ1) is 12.3. The molecule has 1 aliphatic rings. The van der Waals surface area contributed by atoms with Crippen molar-refractivity contribution in [3.63, 3.8) is 0 Å². The number of likely N-dealkylation sites (N-methyl/N-ethyl adjacent to an activating group) is 1. The molecular formula is C17H21F2NO6. The summed E-state index contributed by atoms with van der Waals surface area (Å²) in [5, 5.41) is 8.93. The monoisotopic (exact) mass is 373 g/mol.